The molecule has 0 rings (SSSR count). The lowest BCUT2D eigenvalue weighted by atomic mass is 9.99. The Morgan fingerprint density at radius 3 is 1.18 bits per heavy atom. The van der Waals surface area contributed by atoms with Crippen LogP contribution in [0.2, 0.25) is 0 Å². The van der Waals surface area contributed by atoms with Crippen molar-refractivity contribution in [3.8, 4) is 0 Å². The maximum atomic E-state index is 12.4. The Kier molecular flexibility index (Phi) is 39.1. The molecule has 4 N–H and O–H groups in total. The third kappa shape index (κ3) is 35.3. The molecule has 0 spiro atoms. The standard InChI is InChI=1S/C44H87NO4/c1-3-5-7-9-11-13-15-16-17-18-19-20-21-22-23-24-25-26-27-29-31-33-35-37-39-43(48)45-41(40-46)44(49)42(47)38-36-34-32-30-28-14-12-10-8-6-4-2/h22-23,41-42,44,46-47,49H,3-21,24-40H2,1-2H3,(H,45,48)/b23-22-. The predicted octanol–water partition coefficient (Wildman–Crippen LogP) is 12.4. The number of allylic oxidation sites excluding steroid dienone is 2. The third-order valence-corrected chi connectivity index (χ3v) is 10.4. The zero-order valence-corrected chi connectivity index (χ0v) is 33.1. The molecule has 0 radical (unpaired) electrons. The van der Waals surface area contributed by atoms with E-state index in [9.17, 15) is 20.1 Å². The first kappa shape index (κ1) is 48.1. The number of hydrogen-bond donors (Lipinski definition) is 4. The molecular weight excluding hydrogens is 606 g/mol. The van der Waals surface area contributed by atoms with E-state index in [0.29, 0.717) is 12.8 Å². The lowest BCUT2D eigenvalue weighted by Crippen LogP contribution is -2.50. The van der Waals surface area contributed by atoms with Gasteiger partial charge in [0.2, 0.25) is 5.91 Å². The lowest BCUT2D eigenvalue weighted by molar-refractivity contribution is -0.124. The molecule has 0 fully saturated rings. The van der Waals surface area contributed by atoms with Crippen LogP contribution in [0.15, 0.2) is 12.2 Å². The van der Waals surface area contributed by atoms with Crippen molar-refractivity contribution in [3.63, 3.8) is 0 Å². The van der Waals surface area contributed by atoms with E-state index in [1.807, 2.05) is 0 Å². The summed E-state index contributed by atoms with van der Waals surface area (Å²) in [5.41, 5.74) is 0. The highest BCUT2D eigenvalue weighted by Crippen LogP contribution is 2.16. The normalized spacial score (nSPS) is 13.7. The van der Waals surface area contributed by atoms with Crippen molar-refractivity contribution in [3.05, 3.63) is 12.2 Å². The number of nitrogens with one attached hydrogen (secondary N) is 1. The molecule has 0 bridgehead atoms. The van der Waals surface area contributed by atoms with E-state index in [-0.39, 0.29) is 12.5 Å². The van der Waals surface area contributed by atoms with E-state index in [2.05, 4.69) is 31.3 Å². The van der Waals surface area contributed by atoms with Crippen LogP contribution in [-0.4, -0.2) is 46.1 Å². The van der Waals surface area contributed by atoms with Gasteiger partial charge < -0.3 is 20.6 Å². The van der Waals surface area contributed by atoms with Gasteiger partial charge in [0.25, 0.3) is 0 Å². The number of aliphatic hydroxyl groups is 3. The van der Waals surface area contributed by atoms with Crippen LogP contribution in [0.4, 0.5) is 0 Å². The van der Waals surface area contributed by atoms with Gasteiger partial charge in [0.05, 0.1) is 18.8 Å². The van der Waals surface area contributed by atoms with E-state index in [0.717, 1.165) is 38.5 Å². The maximum Gasteiger partial charge on any atom is 0.220 e. The van der Waals surface area contributed by atoms with Gasteiger partial charge in [-0.2, -0.15) is 0 Å². The Morgan fingerprint density at radius 1 is 0.490 bits per heavy atom. The molecule has 0 saturated heterocycles. The lowest BCUT2D eigenvalue weighted by Gasteiger charge is -2.26. The van der Waals surface area contributed by atoms with Crippen LogP contribution in [0, 0.1) is 0 Å². The van der Waals surface area contributed by atoms with Gasteiger partial charge in [-0.3, -0.25) is 4.79 Å². The molecule has 1 amide bonds. The second-order valence-electron chi connectivity index (χ2n) is 15.3. The van der Waals surface area contributed by atoms with Gasteiger partial charge in [-0.1, -0.05) is 206 Å². The van der Waals surface area contributed by atoms with E-state index in [4.69, 9.17) is 0 Å². The Hall–Kier alpha value is -0.910. The Labute approximate surface area is 306 Å². The van der Waals surface area contributed by atoms with Gasteiger partial charge in [0, 0.05) is 6.42 Å². The van der Waals surface area contributed by atoms with Crippen molar-refractivity contribution in [1.29, 1.82) is 0 Å². The molecule has 0 heterocycles. The van der Waals surface area contributed by atoms with Gasteiger partial charge in [-0.15, -0.1) is 0 Å². The number of aliphatic hydroxyl groups excluding tert-OH is 3. The van der Waals surface area contributed by atoms with Crippen molar-refractivity contribution < 1.29 is 20.1 Å². The van der Waals surface area contributed by atoms with Crippen molar-refractivity contribution in [2.24, 2.45) is 0 Å². The molecule has 0 aliphatic carbocycles. The first-order valence-corrected chi connectivity index (χ1v) is 22.0. The first-order valence-electron chi connectivity index (χ1n) is 22.0. The SMILES string of the molecule is CCCCCCCCCCCCCC/C=C\CCCCCCCCCCC(=O)NC(CO)C(O)C(O)CCCCCCCCCCCCC. The van der Waals surface area contributed by atoms with Crippen LogP contribution in [0.3, 0.4) is 0 Å². The second kappa shape index (κ2) is 39.9. The molecule has 5 nitrogen and oxygen atoms in total. The summed E-state index contributed by atoms with van der Waals surface area (Å²) in [7, 11) is 0. The fraction of sp³-hybridized carbons (Fsp3) is 0.932. The predicted molar refractivity (Wildman–Crippen MR) is 213 cm³/mol. The van der Waals surface area contributed by atoms with E-state index in [1.54, 1.807) is 0 Å². The second-order valence-corrected chi connectivity index (χ2v) is 15.3. The van der Waals surface area contributed by atoms with Crippen LogP contribution in [0.1, 0.15) is 239 Å². The number of hydrogen-bond acceptors (Lipinski definition) is 4. The maximum absolute atomic E-state index is 12.4. The molecule has 292 valence electrons. The number of carbonyl (C=O) groups is 1. The van der Waals surface area contributed by atoms with Crippen LogP contribution < -0.4 is 5.32 Å². The number of rotatable bonds is 40. The number of unbranched alkanes of at least 4 members (excludes halogenated alkanes) is 30. The number of amides is 1. The van der Waals surface area contributed by atoms with Crippen molar-refractivity contribution in [2.75, 3.05) is 6.61 Å². The quantitative estimate of drug-likeness (QED) is 0.0380. The summed E-state index contributed by atoms with van der Waals surface area (Å²) in [5, 5.41) is 33.4. The molecule has 0 aromatic rings. The zero-order chi connectivity index (χ0) is 35.9. The molecule has 3 atom stereocenters. The topological polar surface area (TPSA) is 89.8 Å². The summed E-state index contributed by atoms with van der Waals surface area (Å²) >= 11 is 0. The van der Waals surface area contributed by atoms with Gasteiger partial charge >= 0.3 is 0 Å². The molecule has 0 saturated carbocycles. The molecule has 5 heteroatoms. The monoisotopic (exact) mass is 694 g/mol. The van der Waals surface area contributed by atoms with Gasteiger partial charge in [-0.25, -0.2) is 0 Å². The van der Waals surface area contributed by atoms with Crippen LogP contribution in [-0.2, 0) is 4.79 Å². The van der Waals surface area contributed by atoms with Crippen LogP contribution in [0.5, 0.6) is 0 Å². The van der Waals surface area contributed by atoms with Crippen molar-refractivity contribution in [1.82, 2.24) is 5.32 Å². The van der Waals surface area contributed by atoms with Crippen molar-refractivity contribution in [2.45, 2.75) is 257 Å². The summed E-state index contributed by atoms with van der Waals surface area (Å²) < 4.78 is 0. The average Bonchev–Trinajstić information content (AvgIpc) is 3.10. The van der Waals surface area contributed by atoms with Crippen molar-refractivity contribution >= 4 is 5.91 Å². The zero-order valence-electron chi connectivity index (χ0n) is 33.1. The highest BCUT2D eigenvalue weighted by atomic mass is 16.3. The van der Waals surface area contributed by atoms with E-state index >= 15 is 0 Å². The highest BCUT2D eigenvalue weighted by Gasteiger charge is 2.26. The van der Waals surface area contributed by atoms with E-state index in [1.165, 1.54) is 173 Å². The number of carbonyl (C=O) groups excluding carboxylic acids is 1. The Morgan fingerprint density at radius 2 is 0.816 bits per heavy atom. The van der Waals surface area contributed by atoms with E-state index < -0.39 is 18.2 Å². The molecule has 3 unspecified atom stereocenters. The highest BCUT2D eigenvalue weighted by molar-refractivity contribution is 5.76. The van der Waals surface area contributed by atoms with Gasteiger partial charge in [-0.05, 0) is 38.5 Å². The minimum Gasteiger partial charge on any atom is -0.394 e. The molecule has 0 aromatic heterocycles. The summed E-state index contributed by atoms with van der Waals surface area (Å²) in [6, 6.07) is -0.806. The average molecular weight is 694 g/mol. The van der Waals surface area contributed by atoms with Gasteiger partial charge in [0.1, 0.15) is 6.10 Å². The third-order valence-electron chi connectivity index (χ3n) is 10.4. The van der Waals surface area contributed by atoms with Crippen LogP contribution >= 0.6 is 0 Å². The summed E-state index contributed by atoms with van der Waals surface area (Å²) in [4.78, 5) is 12.4. The Bertz CT molecular complexity index is 684. The summed E-state index contributed by atoms with van der Waals surface area (Å²) in [5.74, 6) is -0.146. The molecule has 0 aliphatic rings. The minimum atomic E-state index is -1.13. The smallest absolute Gasteiger partial charge is 0.220 e. The molecule has 0 aliphatic heterocycles. The van der Waals surface area contributed by atoms with Crippen LogP contribution in [0.25, 0.3) is 0 Å². The first-order chi connectivity index (χ1) is 24.1. The fourth-order valence-electron chi connectivity index (χ4n) is 6.92. The largest absolute Gasteiger partial charge is 0.394 e. The minimum absolute atomic E-state index is 0.146. The Balaban J connectivity index is 3.57. The molecular formula is C44H87NO4. The fourth-order valence-corrected chi connectivity index (χ4v) is 6.92. The summed E-state index contributed by atoms with van der Waals surface area (Å²) in [6.45, 7) is 4.17. The van der Waals surface area contributed by atoms with Gasteiger partial charge in [0.15, 0.2) is 0 Å². The molecule has 49 heavy (non-hydrogen) atoms. The summed E-state index contributed by atoms with van der Waals surface area (Å²) in [6.07, 6.45) is 46.1. The molecule has 0 aromatic carbocycles.